The lowest BCUT2D eigenvalue weighted by Gasteiger charge is -2.07. The van der Waals surface area contributed by atoms with Crippen molar-refractivity contribution in [3.05, 3.63) is 72.3 Å². The van der Waals surface area contributed by atoms with Crippen molar-refractivity contribution in [3.63, 3.8) is 0 Å². The molecule has 2 aromatic carbocycles. The van der Waals surface area contributed by atoms with E-state index >= 15 is 0 Å². The molecule has 0 unspecified atom stereocenters. The average molecular weight is 283 g/mol. The van der Waals surface area contributed by atoms with Crippen LogP contribution in [0, 0.1) is 0 Å². The van der Waals surface area contributed by atoms with E-state index < -0.39 is 0 Å². The molecule has 2 rings (SSSR count). The molecule has 102 valence electrons. The molecule has 20 heavy (non-hydrogen) atoms. The standard InChI is InChI=1S/C17H17NOS/c1-2-15-10-6-7-11-16(15)20-13-17(19)18-12-14-8-4-3-5-9-14/h2-11H,1,12-13H2,(H,18,19). The van der Waals surface area contributed by atoms with Gasteiger partial charge in [-0.25, -0.2) is 0 Å². The van der Waals surface area contributed by atoms with E-state index in [1.165, 1.54) is 11.8 Å². The van der Waals surface area contributed by atoms with E-state index in [2.05, 4.69) is 11.9 Å². The van der Waals surface area contributed by atoms with E-state index in [0.29, 0.717) is 12.3 Å². The monoisotopic (exact) mass is 283 g/mol. The highest BCUT2D eigenvalue weighted by Gasteiger charge is 2.04. The molecule has 0 heterocycles. The number of amides is 1. The normalized spacial score (nSPS) is 10.0. The summed E-state index contributed by atoms with van der Waals surface area (Å²) in [6.07, 6.45) is 1.81. The Kier molecular flexibility index (Phi) is 5.44. The van der Waals surface area contributed by atoms with Gasteiger partial charge in [-0.15, -0.1) is 11.8 Å². The Morgan fingerprint density at radius 1 is 1.10 bits per heavy atom. The second kappa shape index (κ2) is 7.56. The molecular formula is C17H17NOS. The third-order valence-electron chi connectivity index (χ3n) is 2.83. The maximum Gasteiger partial charge on any atom is 0.230 e. The van der Waals surface area contributed by atoms with Crippen LogP contribution in [-0.4, -0.2) is 11.7 Å². The van der Waals surface area contributed by atoms with E-state index in [0.717, 1.165) is 16.0 Å². The molecule has 0 saturated heterocycles. The summed E-state index contributed by atoms with van der Waals surface area (Å²) in [5.41, 5.74) is 2.17. The molecule has 1 N–H and O–H groups in total. The highest BCUT2D eigenvalue weighted by molar-refractivity contribution is 8.00. The highest BCUT2D eigenvalue weighted by Crippen LogP contribution is 2.23. The molecule has 0 aliphatic carbocycles. The van der Waals surface area contributed by atoms with Gasteiger partial charge in [0.15, 0.2) is 0 Å². The Hall–Kier alpha value is -2.00. The molecule has 3 heteroatoms. The molecule has 1 amide bonds. The highest BCUT2D eigenvalue weighted by atomic mass is 32.2. The summed E-state index contributed by atoms with van der Waals surface area (Å²) < 4.78 is 0. The molecule has 2 nitrogen and oxygen atoms in total. The number of thioether (sulfide) groups is 1. The summed E-state index contributed by atoms with van der Waals surface area (Å²) in [6.45, 7) is 4.35. The summed E-state index contributed by atoms with van der Waals surface area (Å²) in [6, 6.07) is 17.8. The molecule has 0 bridgehead atoms. The first kappa shape index (κ1) is 14.4. The molecule has 0 radical (unpaired) electrons. The first-order valence-corrected chi connectivity index (χ1v) is 7.43. The molecule has 2 aromatic rings. The van der Waals surface area contributed by atoms with Crippen LogP contribution in [0.15, 0.2) is 66.1 Å². The summed E-state index contributed by atoms with van der Waals surface area (Å²) in [5, 5.41) is 2.92. The van der Waals surface area contributed by atoms with Crippen LogP contribution in [0.25, 0.3) is 6.08 Å². The van der Waals surface area contributed by atoms with Crippen LogP contribution in [0.4, 0.5) is 0 Å². The van der Waals surface area contributed by atoms with Crippen LogP contribution in [0.3, 0.4) is 0 Å². The SMILES string of the molecule is C=Cc1ccccc1SCC(=O)NCc1ccccc1. The number of carbonyl (C=O) groups excluding carboxylic acids is 1. The lowest BCUT2D eigenvalue weighted by molar-refractivity contribution is -0.118. The second-order valence-electron chi connectivity index (χ2n) is 4.29. The fourth-order valence-electron chi connectivity index (χ4n) is 1.77. The Morgan fingerprint density at radius 3 is 2.55 bits per heavy atom. The van der Waals surface area contributed by atoms with Crippen LogP contribution in [0.2, 0.25) is 0 Å². The fourth-order valence-corrected chi connectivity index (χ4v) is 2.65. The van der Waals surface area contributed by atoms with E-state index in [-0.39, 0.29) is 5.91 Å². The minimum absolute atomic E-state index is 0.0396. The molecule has 0 aliphatic heterocycles. The zero-order valence-corrected chi connectivity index (χ0v) is 12.0. The van der Waals surface area contributed by atoms with Crippen molar-refractivity contribution < 1.29 is 4.79 Å². The lowest BCUT2D eigenvalue weighted by atomic mass is 10.2. The van der Waals surface area contributed by atoms with Crippen LogP contribution in [0.1, 0.15) is 11.1 Å². The summed E-state index contributed by atoms with van der Waals surface area (Å²) in [5.74, 6) is 0.454. The van der Waals surface area contributed by atoms with Crippen molar-refractivity contribution in [3.8, 4) is 0 Å². The van der Waals surface area contributed by atoms with Crippen LogP contribution in [-0.2, 0) is 11.3 Å². The fraction of sp³-hybridized carbons (Fsp3) is 0.118. The maximum absolute atomic E-state index is 11.8. The van der Waals surface area contributed by atoms with Gasteiger partial charge in [0.1, 0.15) is 0 Å². The van der Waals surface area contributed by atoms with Gasteiger partial charge in [0.05, 0.1) is 5.75 Å². The van der Waals surface area contributed by atoms with Crippen molar-refractivity contribution in [2.24, 2.45) is 0 Å². The van der Waals surface area contributed by atoms with Gasteiger partial charge in [-0.1, -0.05) is 61.2 Å². The Labute approximate surface area is 123 Å². The van der Waals surface area contributed by atoms with Crippen molar-refractivity contribution in [2.75, 3.05) is 5.75 Å². The van der Waals surface area contributed by atoms with Crippen molar-refractivity contribution in [1.29, 1.82) is 0 Å². The number of nitrogens with one attached hydrogen (secondary N) is 1. The van der Waals surface area contributed by atoms with Gasteiger partial charge in [-0.3, -0.25) is 4.79 Å². The van der Waals surface area contributed by atoms with Gasteiger partial charge in [0.25, 0.3) is 0 Å². The van der Waals surface area contributed by atoms with E-state index in [1.54, 1.807) is 0 Å². The van der Waals surface area contributed by atoms with E-state index in [1.807, 2.05) is 60.7 Å². The quantitative estimate of drug-likeness (QED) is 0.818. The average Bonchev–Trinajstić information content (AvgIpc) is 2.52. The van der Waals surface area contributed by atoms with Crippen LogP contribution >= 0.6 is 11.8 Å². The first-order chi connectivity index (χ1) is 9.79. The maximum atomic E-state index is 11.8. The smallest absolute Gasteiger partial charge is 0.230 e. The number of rotatable bonds is 6. The zero-order valence-electron chi connectivity index (χ0n) is 11.2. The second-order valence-corrected chi connectivity index (χ2v) is 5.31. The van der Waals surface area contributed by atoms with Crippen molar-refractivity contribution >= 4 is 23.7 Å². The van der Waals surface area contributed by atoms with Crippen LogP contribution in [0.5, 0.6) is 0 Å². The molecule has 0 atom stereocenters. The van der Waals surface area contributed by atoms with E-state index in [9.17, 15) is 4.79 Å². The van der Waals surface area contributed by atoms with Crippen molar-refractivity contribution in [2.45, 2.75) is 11.4 Å². The number of carbonyl (C=O) groups is 1. The van der Waals surface area contributed by atoms with E-state index in [4.69, 9.17) is 0 Å². The number of benzene rings is 2. The van der Waals surface area contributed by atoms with Gasteiger partial charge in [0.2, 0.25) is 5.91 Å². The van der Waals surface area contributed by atoms with Gasteiger partial charge < -0.3 is 5.32 Å². The minimum atomic E-state index is 0.0396. The Bertz CT molecular complexity index is 581. The zero-order chi connectivity index (χ0) is 14.2. The molecule has 0 aromatic heterocycles. The molecular weight excluding hydrogens is 266 g/mol. The topological polar surface area (TPSA) is 29.1 Å². The third kappa shape index (κ3) is 4.28. The Balaban J connectivity index is 1.82. The summed E-state index contributed by atoms with van der Waals surface area (Å²) in [4.78, 5) is 12.9. The molecule has 0 fully saturated rings. The summed E-state index contributed by atoms with van der Waals surface area (Å²) >= 11 is 1.53. The van der Waals surface area contributed by atoms with Crippen molar-refractivity contribution in [1.82, 2.24) is 5.32 Å². The molecule has 0 saturated carbocycles. The van der Waals surface area contributed by atoms with Gasteiger partial charge in [-0.2, -0.15) is 0 Å². The predicted octanol–water partition coefficient (Wildman–Crippen LogP) is 3.74. The predicted molar refractivity (Wildman–Crippen MR) is 85.5 cm³/mol. The van der Waals surface area contributed by atoms with Gasteiger partial charge >= 0.3 is 0 Å². The largest absolute Gasteiger partial charge is 0.351 e. The number of hydrogen-bond donors (Lipinski definition) is 1. The minimum Gasteiger partial charge on any atom is -0.351 e. The summed E-state index contributed by atoms with van der Waals surface area (Å²) in [7, 11) is 0. The van der Waals surface area contributed by atoms with Gasteiger partial charge in [-0.05, 0) is 17.2 Å². The molecule has 0 spiro atoms. The number of hydrogen-bond acceptors (Lipinski definition) is 2. The Morgan fingerprint density at radius 2 is 1.80 bits per heavy atom. The molecule has 0 aliphatic rings. The third-order valence-corrected chi connectivity index (χ3v) is 3.92. The van der Waals surface area contributed by atoms with Crippen LogP contribution < -0.4 is 5.32 Å². The first-order valence-electron chi connectivity index (χ1n) is 6.44. The van der Waals surface area contributed by atoms with Gasteiger partial charge in [0, 0.05) is 11.4 Å². The lowest BCUT2D eigenvalue weighted by Crippen LogP contribution is -2.24.